The van der Waals surface area contributed by atoms with Gasteiger partial charge in [0.05, 0.1) is 20.4 Å². The van der Waals surface area contributed by atoms with Gasteiger partial charge in [-0.05, 0) is 34.8 Å². The van der Waals surface area contributed by atoms with Crippen molar-refractivity contribution in [1.82, 2.24) is 0 Å². The van der Waals surface area contributed by atoms with Gasteiger partial charge in [-0.25, -0.2) is 8.42 Å². The molecule has 0 aromatic heterocycles. The molecule has 98 valence electrons. The van der Waals surface area contributed by atoms with E-state index in [1.807, 2.05) is 0 Å². The van der Waals surface area contributed by atoms with E-state index in [1.54, 1.807) is 0 Å². The summed E-state index contributed by atoms with van der Waals surface area (Å²) in [6.07, 6.45) is 2.71. The Balaban J connectivity index is 2.55. The molecule has 18 heavy (non-hydrogen) atoms. The van der Waals surface area contributed by atoms with Gasteiger partial charge in [0.1, 0.15) is 0 Å². The van der Waals surface area contributed by atoms with Crippen LogP contribution in [0.5, 0.6) is 5.75 Å². The predicted molar refractivity (Wildman–Crippen MR) is 67.6 cm³/mol. The van der Waals surface area contributed by atoms with Crippen LogP contribution in [0.3, 0.4) is 0 Å². The maximum atomic E-state index is 11.4. The van der Waals surface area contributed by atoms with Gasteiger partial charge in [0.2, 0.25) is 5.75 Å². The van der Waals surface area contributed by atoms with Crippen molar-refractivity contribution in [3.8, 4) is 5.75 Å². The lowest BCUT2D eigenvalue weighted by Crippen LogP contribution is -2.04. The van der Waals surface area contributed by atoms with Crippen LogP contribution in [0.2, 0.25) is 0 Å². The summed E-state index contributed by atoms with van der Waals surface area (Å²) in [5, 5.41) is 11.0. The molecule has 1 aromatic carbocycles. The van der Waals surface area contributed by atoms with Crippen LogP contribution in [0.15, 0.2) is 21.5 Å². The van der Waals surface area contributed by atoms with Crippen molar-refractivity contribution >= 4 is 31.5 Å². The molecule has 8 heteroatoms. The van der Waals surface area contributed by atoms with E-state index in [0.717, 1.165) is 25.2 Å². The monoisotopic (exact) mass is 335 g/mol. The number of ether oxygens (including phenoxy) is 1. The first-order chi connectivity index (χ1) is 8.29. The van der Waals surface area contributed by atoms with E-state index >= 15 is 0 Å². The van der Waals surface area contributed by atoms with E-state index in [4.69, 9.17) is 4.74 Å². The number of rotatable bonds is 4. The van der Waals surface area contributed by atoms with Gasteiger partial charge in [-0.1, -0.05) is 0 Å². The first kappa shape index (κ1) is 13.3. The van der Waals surface area contributed by atoms with Crippen LogP contribution in [-0.4, -0.2) is 25.7 Å². The van der Waals surface area contributed by atoms with Crippen LogP contribution in [0.25, 0.3) is 0 Å². The maximum Gasteiger partial charge on any atom is 0.313 e. The highest BCUT2D eigenvalue weighted by molar-refractivity contribution is 9.10. The van der Waals surface area contributed by atoms with Crippen molar-refractivity contribution in [2.75, 3.05) is 6.26 Å². The van der Waals surface area contributed by atoms with Crippen LogP contribution in [0.4, 0.5) is 5.69 Å². The molecule has 1 saturated carbocycles. The SMILES string of the molecule is CS(=O)(=O)c1cc(Br)c(OC2CC2)c([N+](=O)[O-])c1. The second-order valence-corrected chi connectivity index (χ2v) is 6.97. The summed E-state index contributed by atoms with van der Waals surface area (Å²) < 4.78 is 28.6. The van der Waals surface area contributed by atoms with E-state index in [1.165, 1.54) is 6.07 Å². The quantitative estimate of drug-likeness (QED) is 0.622. The molecule has 1 aliphatic rings. The molecular formula is C10H10BrNO5S. The highest BCUT2D eigenvalue weighted by atomic mass is 79.9. The van der Waals surface area contributed by atoms with Crippen LogP contribution < -0.4 is 4.74 Å². The van der Waals surface area contributed by atoms with E-state index in [9.17, 15) is 18.5 Å². The Morgan fingerprint density at radius 1 is 1.44 bits per heavy atom. The molecular weight excluding hydrogens is 326 g/mol. The van der Waals surface area contributed by atoms with Gasteiger partial charge in [0.15, 0.2) is 9.84 Å². The Bertz CT molecular complexity index is 609. The predicted octanol–water partition coefficient (Wildman–Crippen LogP) is 2.30. The fourth-order valence-corrected chi connectivity index (χ4v) is 2.73. The van der Waals surface area contributed by atoms with Crippen molar-refractivity contribution in [2.45, 2.75) is 23.8 Å². The third kappa shape index (κ3) is 2.81. The van der Waals surface area contributed by atoms with Crippen molar-refractivity contribution in [1.29, 1.82) is 0 Å². The molecule has 6 nitrogen and oxygen atoms in total. The molecule has 0 radical (unpaired) electrons. The summed E-state index contributed by atoms with van der Waals surface area (Å²) in [6, 6.07) is 2.35. The molecule has 0 atom stereocenters. The van der Waals surface area contributed by atoms with Crippen molar-refractivity contribution in [3.05, 3.63) is 26.7 Å². The first-order valence-electron chi connectivity index (χ1n) is 5.13. The number of halogens is 1. The molecule has 0 N–H and O–H groups in total. The molecule has 0 spiro atoms. The number of nitro benzene ring substituents is 1. The molecule has 0 heterocycles. The van der Waals surface area contributed by atoms with Crippen LogP contribution in [0.1, 0.15) is 12.8 Å². The average molecular weight is 336 g/mol. The zero-order valence-electron chi connectivity index (χ0n) is 9.42. The minimum absolute atomic E-state index is 0.0101. The smallest absolute Gasteiger partial charge is 0.313 e. The van der Waals surface area contributed by atoms with Gasteiger partial charge in [-0.2, -0.15) is 0 Å². The molecule has 1 aliphatic carbocycles. The minimum Gasteiger partial charge on any atom is -0.483 e. The number of benzene rings is 1. The van der Waals surface area contributed by atoms with E-state index in [0.29, 0.717) is 0 Å². The number of hydrogen-bond donors (Lipinski definition) is 0. The summed E-state index contributed by atoms with van der Waals surface area (Å²) in [7, 11) is -3.50. The highest BCUT2D eigenvalue weighted by Gasteiger charge is 2.30. The lowest BCUT2D eigenvalue weighted by molar-refractivity contribution is -0.386. The molecule has 0 unspecified atom stereocenters. The Labute approximate surface area is 112 Å². The van der Waals surface area contributed by atoms with Crippen molar-refractivity contribution in [3.63, 3.8) is 0 Å². The number of nitrogens with zero attached hydrogens (tertiary/aromatic N) is 1. The average Bonchev–Trinajstić information content (AvgIpc) is 3.02. The third-order valence-electron chi connectivity index (χ3n) is 2.43. The van der Waals surface area contributed by atoms with Gasteiger partial charge in [-0.3, -0.25) is 10.1 Å². The van der Waals surface area contributed by atoms with Crippen molar-refractivity contribution < 1.29 is 18.1 Å². The molecule has 1 aromatic rings. The summed E-state index contributed by atoms with van der Waals surface area (Å²) in [5.41, 5.74) is -0.336. The minimum atomic E-state index is -3.50. The summed E-state index contributed by atoms with van der Waals surface area (Å²) in [4.78, 5) is 10.2. The largest absolute Gasteiger partial charge is 0.483 e. The third-order valence-corrected chi connectivity index (χ3v) is 4.11. The Morgan fingerprint density at radius 2 is 2.06 bits per heavy atom. The molecule has 0 saturated heterocycles. The topological polar surface area (TPSA) is 86.5 Å². The molecule has 0 aliphatic heterocycles. The fraction of sp³-hybridized carbons (Fsp3) is 0.400. The number of sulfone groups is 1. The van der Waals surface area contributed by atoms with Crippen LogP contribution in [-0.2, 0) is 9.84 Å². The summed E-state index contributed by atoms with van der Waals surface area (Å²) in [5.74, 6) is 0.0925. The molecule has 1 fully saturated rings. The van der Waals surface area contributed by atoms with Gasteiger partial charge >= 0.3 is 5.69 Å². The molecule has 0 amide bonds. The highest BCUT2D eigenvalue weighted by Crippen LogP contribution is 2.40. The van der Waals surface area contributed by atoms with E-state index in [-0.39, 0.29) is 26.9 Å². The summed E-state index contributed by atoms with van der Waals surface area (Å²) >= 11 is 3.12. The fourth-order valence-electron chi connectivity index (χ4n) is 1.37. The normalized spacial score (nSPS) is 15.4. The molecule has 2 rings (SSSR count). The first-order valence-corrected chi connectivity index (χ1v) is 7.82. The van der Waals surface area contributed by atoms with Crippen LogP contribution in [0, 0.1) is 10.1 Å². The summed E-state index contributed by atoms with van der Waals surface area (Å²) in [6.45, 7) is 0. The van der Waals surface area contributed by atoms with Crippen LogP contribution >= 0.6 is 15.9 Å². The van der Waals surface area contributed by atoms with Gasteiger partial charge in [-0.15, -0.1) is 0 Å². The second kappa shape index (κ2) is 4.51. The standard InChI is InChI=1S/C10H10BrNO5S/c1-18(15,16)7-4-8(11)10(17-6-2-3-6)9(5-7)12(13)14/h4-6H,2-3H2,1H3. The maximum absolute atomic E-state index is 11.4. The van der Waals surface area contributed by atoms with E-state index in [2.05, 4.69) is 15.9 Å². The lowest BCUT2D eigenvalue weighted by atomic mass is 10.3. The van der Waals surface area contributed by atoms with Gasteiger partial charge in [0, 0.05) is 12.3 Å². The number of hydrogen-bond acceptors (Lipinski definition) is 5. The second-order valence-electron chi connectivity index (χ2n) is 4.10. The Morgan fingerprint density at radius 3 is 2.50 bits per heavy atom. The van der Waals surface area contributed by atoms with E-state index < -0.39 is 14.8 Å². The zero-order chi connectivity index (χ0) is 13.5. The number of nitro groups is 1. The Hall–Kier alpha value is -1.15. The lowest BCUT2D eigenvalue weighted by Gasteiger charge is -2.09. The van der Waals surface area contributed by atoms with Gasteiger partial charge < -0.3 is 4.74 Å². The van der Waals surface area contributed by atoms with Gasteiger partial charge in [0.25, 0.3) is 0 Å². The zero-order valence-corrected chi connectivity index (χ0v) is 11.8. The van der Waals surface area contributed by atoms with Crippen molar-refractivity contribution in [2.24, 2.45) is 0 Å². The Kier molecular flexibility index (Phi) is 3.33. The molecule has 0 bridgehead atoms.